The first-order valence-electron chi connectivity index (χ1n) is 9.49. The Kier molecular flexibility index (Phi) is 7.92. The summed E-state index contributed by atoms with van der Waals surface area (Å²) >= 11 is 0. The Bertz CT molecular complexity index is 691. The Balaban J connectivity index is 1.99. The molecule has 0 aliphatic carbocycles. The van der Waals surface area contributed by atoms with Gasteiger partial charge in [0.1, 0.15) is 18.5 Å². The minimum Gasteiger partial charge on any atom is -0.489 e. The zero-order valence-electron chi connectivity index (χ0n) is 16.3. The van der Waals surface area contributed by atoms with Gasteiger partial charge in [0.05, 0.1) is 0 Å². The van der Waals surface area contributed by atoms with Crippen molar-refractivity contribution in [3.05, 3.63) is 42.5 Å². The Morgan fingerprint density at radius 2 is 1.77 bits per heavy atom. The third-order valence-electron chi connectivity index (χ3n) is 4.15. The summed E-state index contributed by atoms with van der Waals surface area (Å²) in [5.41, 5.74) is 0. The minimum atomic E-state index is -0.309. The van der Waals surface area contributed by atoms with Crippen LogP contribution in [0.25, 0.3) is 10.8 Å². The second-order valence-corrected chi connectivity index (χ2v) is 7.40. The van der Waals surface area contributed by atoms with Crippen molar-refractivity contribution in [1.82, 2.24) is 5.32 Å². The van der Waals surface area contributed by atoms with Crippen molar-refractivity contribution in [3.8, 4) is 5.75 Å². The van der Waals surface area contributed by atoms with E-state index in [2.05, 4.69) is 45.1 Å². The van der Waals surface area contributed by atoms with Gasteiger partial charge in [-0.25, -0.2) is 0 Å². The molecule has 0 spiro atoms. The number of rotatable bonds is 10. The van der Waals surface area contributed by atoms with E-state index in [-0.39, 0.29) is 12.1 Å². The van der Waals surface area contributed by atoms with Crippen LogP contribution in [0.2, 0.25) is 0 Å². The molecule has 4 heteroatoms. The normalized spacial score (nSPS) is 12.5. The largest absolute Gasteiger partial charge is 0.489 e. The number of esters is 1. The van der Waals surface area contributed by atoms with Gasteiger partial charge in [-0.2, -0.15) is 0 Å². The smallest absolute Gasteiger partial charge is 0.306 e. The number of ether oxygens (including phenoxy) is 2. The van der Waals surface area contributed by atoms with E-state index < -0.39 is 0 Å². The Labute approximate surface area is 156 Å². The lowest BCUT2D eigenvalue weighted by Gasteiger charge is -2.21. The van der Waals surface area contributed by atoms with Crippen LogP contribution in [-0.4, -0.2) is 31.3 Å². The number of hydrogen-bond donors (Lipinski definition) is 1. The number of nitrogens with one attached hydrogen (secondary N) is 1. The highest BCUT2D eigenvalue weighted by molar-refractivity contribution is 5.88. The number of benzene rings is 2. The van der Waals surface area contributed by atoms with Gasteiger partial charge in [-0.3, -0.25) is 4.79 Å². The molecular formula is C22H31NO3. The highest BCUT2D eigenvalue weighted by Gasteiger charge is 2.17. The van der Waals surface area contributed by atoms with Crippen molar-refractivity contribution in [1.29, 1.82) is 0 Å². The van der Waals surface area contributed by atoms with Gasteiger partial charge >= 0.3 is 5.97 Å². The summed E-state index contributed by atoms with van der Waals surface area (Å²) in [5, 5.41) is 5.53. The molecule has 4 nitrogen and oxygen atoms in total. The number of carbonyl (C=O) groups excluding carboxylic acids is 1. The minimum absolute atomic E-state index is 0.157. The first-order chi connectivity index (χ1) is 12.5. The van der Waals surface area contributed by atoms with Crippen LogP contribution in [0.1, 0.15) is 40.5 Å². The van der Waals surface area contributed by atoms with Gasteiger partial charge in [0.15, 0.2) is 0 Å². The maximum Gasteiger partial charge on any atom is 0.306 e. The molecule has 0 aromatic heterocycles. The van der Waals surface area contributed by atoms with Gasteiger partial charge in [0, 0.05) is 24.4 Å². The predicted molar refractivity (Wildman–Crippen MR) is 107 cm³/mol. The molecule has 0 unspecified atom stereocenters. The monoisotopic (exact) mass is 357 g/mol. The topological polar surface area (TPSA) is 47.6 Å². The van der Waals surface area contributed by atoms with Crippen molar-refractivity contribution < 1.29 is 14.3 Å². The van der Waals surface area contributed by atoms with Gasteiger partial charge in [-0.15, -0.1) is 0 Å². The maximum atomic E-state index is 12.1. The second kappa shape index (κ2) is 10.2. The van der Waals surface area contributed by atoms with Crippen molar-refractivity contribution in [3.63, 3.8) is 0 Å². The Hall–Kier alpha value is -2.07. The standard InChI is InChI=1S/C22H31NO3/c1-16(2)12-13-22(24)26-19(14-23-17(3)4)15-25-21-11-7-9-18-8-5-6-10-20(18)21/h5-11,16-17,19,23H,12-15H2,1-4H3/t19-/m1/s1. The molecule has 142 valence electrons. The summed E-state index contributed by atoms with van der Waals surface area (Å²) in [6.45, 7) is 9.27. The van der Waals surface area contributed by atoms with Gasteiger partial charge < -0.3 is 14.8 Å². The molecule has 0 heterocycles. The van der Waals surface area contributed by atoms with Gasteiger partial charge in [-0.1, -0.05) is 64.1 Å². The highest BCUT2D eigenvalue weighted by Crippen LogP contribution is 2.25. The zero-order valence-corrected chi connectivity index (χ0v) is 16.3. The summed E-state index contributed by atoms with van der Waals surface area (Å²) in [7, 11) is 0. The van der Waals surface area contributed by atoms with Crippen LogP contribution in [0.4, 0.5) is 0 Å². The van der Waals surface area contributed by atoms with Crippen molar-refractivity contribution >= 4 is 16.7 Å². The van der Waals surface area contributed by atoms with Crippen molar-refractivity contribution in [2.45, 2.75) is 52.7 Å². The molecule has 0 saturated carbocycles. The Morgan fingerprint density at radius 3 is 2.50 bits per heavy atom. The van der Waals surface area contributed by atoms with Crippen LogP contribution in [0.5, 0.6) is 5.75 Å². The van der Waals surface area contributed by atoms with Gasteiger partial charge in [0.2, 0.25) is 0 Å². The lowest BCUT2D eigenvalue weighted by Crippen LogP contribution is -2.38. The van der Waals surface area contributed by atoms with Crippen molar-refractivity contribution in [2.24, 2.45) is 5.92 Å². The molecule has 2 aromatic rings. The molecule has 0 radical (unpaired) electrons. The molecule has 2 rings (SSSR count). The van der Waals surface area contributed by atoms with E-state index in [1.807, 2.05) is 30.3 Å². The fourth-order valence-electron chi connectivity index (χ4n) is 2.66. The summed E-state index contributed by atoms with van der Waals surface area (Å²) in [6, 6.07) is 14.4. The van der Waals surface area contributed by atoms with Crippen LogP contribution in [0, 0.1) is 5.92 Å². The predicted octanol–water partition coefficient (Wildman–Crippen LogP) is 4.56. The molecule has 1 N–H and O–H groups in total. The SMILES string of the molecule is CC(C)CCC(=O)O[C@H](CNC(C)C)COc1cccc2ccccc12. The molecule has 0 aliphatic rings. The molecule has 0 saturated heterocycles. The summed E-state index contributed by atoms with van der Waals surface area (Å²) in [6.07, 6.45) is 0.980. The van der Waals surface area contributed by atoms with E-state index in [0.29, 0.717) is 31.5 Å². The zero-order chi connectivity index (χ0) is 18.9. The fourth-order valence-corrected chi connectivity index (χ4v) is 2.66. The van der Waals surface area contributed by atoms with Gasteiger partial charge in [0.25, 0.3) is 0 Å². The fraction of sp³-hybridized carbons (Fsp3) is 0.500. The summed E-state index contributed by atoms with van der Waals surface area (Å²) < 4.78 is 11.7. The van der Waals surface area contributed by atoms with Crippen LogP contribution >= 0.6 is 0 Å². The van der Waals surface area contributed by atoms with Gasteiger partial charge in [-0.05, 0) is 23.8 Å². The maximum absolute atomic E-state index is 12.1. The molecule has 26 heavy (non-hydrogen) atoms. The molecule has 2 aromatic carbocycles. The molecule has 1 atom stereocenters. The average Bonchev–Trinajstić information content (AvgIpc) is 2.62. The molecule has 0 amide bonds. The van der Waals surface area contributed by atoms with E-state index in [0.717, 1.165) is 22.9 Å². The molecule has 0 aliphatic heterocycles. The average molecular weight is 357 g/mol. The summed E-state index contributed by atoms with van der Waals surface area (Å²) in [4.78, 5) is 12.1. The second-order valence-electron chi connectivity index (χ2n) is 7.40. The van der Waals surface area contributed by atoms with E-state index in [1.54, 1.807) is 0 Å². The lowest BCUT2D eigenvalue weighted by molar-refractivity contribution is -0.150. The third-order valence-corrected chi connectivity index (χ3v) is 4.15. The van der Waals surface area contributed by atoms with Crippen LogP contribution in [-0.2, 0) is 9.53 Å². The summed E-state index contributed by atoms with van der Waals surface area (Å²) in [5.74, 6) is 1.15. The molecule has 0 fully saturated rings. The lowest BCUT2D eigenvalue weighted by atomic mass is 10.1. The number of carbonyl (C=O) groups is 1. The number of fused-ring (bicyclic) bond motifs is 1. The van der Waals surface area contributed by atoms with E-state index in [1.165, 1.54) is 0 Å². The Morgan fingerprint density at radius 1 is 1.04 bits per heavy atom. The van der Waals surface area contributed by atoms with Crippen LogP contribution in [0.15, 0.2) is 42.5 Å². The third kappa shape index (κ3) is 6.68. The van der Waals surface area contributed by atoms with E-state index in [9.17, 15) is 4.79 Å². The van der Waals surface area contributed by atoms with Crippen molar-refractivity contribution in [2.75, 3.05) is 13.2 Å². The first-order valence-corrected chi connectivity index (χ1v) is 9.49. The molecule has 0 bridgehead atoms. The highest BCUT2D eigenvalue weighted by atomic mass is 16.6. The first kappa shape index (κ1) is 20.2. The number of hydrogen-bond acceptors (Lipinski definition) is 4. The van der Waals surface area contributed by atoms with Crippen LogP contribution < -0.4 is 10.1 Å². The molecular weight excluding hydrogens is 326 g/mol. The van der Waals surface area contributed by atoms with E-state index >= 15 is 0 Å². The van der Waals surface area contributed by atoms with Crippen LogP contribution in [0.3, 0.4) is 0 Å². The van der Waals surface area contributed by atoms with E-state index in [4.69, 9.17) is 9.47 Å². The quantitative estimate of drug-likeness (QED) is 0.633.